The third-order valence-electron chi connectivity index (χ3n) is 4.92. The lowest BCUT2D eigenvalue weighted by atomic mass is 9.96. The van der Waals surface area contributed by atoms with E-state index in [1.165, 1.54) is 12.1 Å². The highest BCUT2D eigenvalue weighted by molar-refractivity contribution is 5.87. The number of amides is 2. The first-order chi connectivity index (χ1) is 12.3. The first-order valence-corrected chi connectivity index (χ1v) is 8.77. The van der Waals surface area contributed by atoms with Crippen molar-refractivity contribution >= 4 is 11.8 Å². The molecule has 0 saturated carbocycles. The van der Waals surface area contributed by atoms with Gasteiger partial charge in [-0.2, -0.15) is 13.2 Å². The van der Waals surface area contributed by atoms with E-state index in [0.29, 0.717) is 26.1 Å². The lowest BCUT2D eigenvalue weighted by molar-refractivity contribution is -0.137. The van der Waals surface area contributed by atoms with Crippen LogP contribution in [0.4, 0.5) is 13.2 Å². The summed E-state index contributed by atoms with van der Waals surface area (Å²) < 4.78 is 37.8. The van der Waals surface area contributed by atoms with Crippen molar-refractivity contribution in [3.63, 3.8) is 0 Å². The monoisotopic (exact) mass is 369 g/mol. The highest BCUT2D eigenvalue weighted by atomic mass is 19.4. The number of piperidine rings is 1. The van der Waals surface area contributed by atoms with Crippen molar-refractivity contribution in [1.82, 2.24) is 15.5 Å². The van der Waals surface area contributed by atoms with Crippen LogP contribution < -0.4 is 10.6 Å². The number of hydrogen-bond donors (Lipinski definition) is 2. The van der Waals surface area contributed by atoms with Crippen molar-refractivity contribution < 1.29 is 22.8 Å². The second kappa shape index (κ2) is 7.65. The van der Waals surface area contributed by atoms with Gasteiger partial charge in [-0.3, -0.25) is 14.5 Å². The average Bonchev–Trinajstić information content (AvgIpc) is 3.01. The van der Waals surface area contributed by atoms with Crippen LogP contribution in [0.15, 0.2) is 24.3 Å². The van der Waals surface area contributed by atoms with Crippen LogP contribution in [-0.2, 0) is 22.3 Å². The van der Waals surface area contributed by atoms with Crippen LogP contribution >= 0.6 is 0 Å². The average molecular weight is 369 g/mol. The predicted molar refractivity (Wildman–Crippen MR) is 89.0 cm³/mol. The zero-order valence-corrected chi connectivity index (χ0v) is 14.3. The second-order valence-corrected chi connectivity index (χ2v) is 6.96. The fourth-order valence-corrected chi connectivity index (χ4v) is 3.48. The molecule has 2 amide bonds. The number of rotatable bonds is 4. The Labute approximate surface area is 149 Å². The van der Waals surface area contributed by atoms with Gasteiger partial charge in [-0.15, -0.1) is 0 Å². The molecule has 2 unspecified atom stereocenters. The molecule has 2 aliphatic heterocycles. The van der Waals surface area contributed by atoms with Gasteiger partial charge in [0.05, 0.1) is 5.56 Å². The second-order valence-electron chi connectivity index (χ2n) is 6.96. The summed E-state index contributed by atoms with van der Waals surface area (Å²) in [6, 6.07) is 5.20. The molecular formula is C18H22F3N3O2. The fraction of sp³-hybridized carbons (Fsp3) is 0.556. The number of hydrogen-bond acceptors (Lipinski definition) is 3. The van der Waals surface area contributed by atoms with Gasteiger partial charge >= 0.3 is 6.18 Å². The van der Waals surface area contributed by atoms with E-state index in [-0.39, 0.29) is 30.2 Å². The van der Waals surface area contributed by atoms with Gasteiger partial charge in [0.2, 0.25) is 11.8 Å². The van der Waals surface area contributed by atoms with Crippen LogP contribution in [0.1, 0.15) is 30.4 Å². The molecule has 0 radical (unpaired) electrons. The SMILES string of the molecule is O=C1CC(C(=O)NC2CCN(Cc3ccc(C(F)(F)F)cc3)C2)CCN1. The molecule has 1 aromatic rings. The number of carbonyl (C=O) groups excluding carboxylic acids is 2. The van der Waals surface area contributed by atoms with Crippen LogP contribution in [0.2, 0.25) is 0 Å². The molecule has 2 atom stereocenters. The highest BCUT2D eigenvalue weighted by Gasteiger charge is 2.31. The van der Waals surface area contributed by atoms with E-state index < -0.39 is 11.7 Å². The summed E-state index contributed by atoms with van der Waals surface area (Å²) in [6.45, 7) is 2.51. The maximum atomic E-state index is 12.6. The van der Waals surface area contributed by atoms with Gasteiger partial charge in [0.25, 0.3) is 0 Å². The third-order valence-corrected chi connectivity index (χ3v) is 4.92. The van der Waals surface area contributed by atoms with E-state index in [4.69, 9.17) is 0 Å². The van der Waals surface area contributed by atoms with Gasteiger partial charge < -0.3 is 10.6 Å². The lowest BCUT2D eigenvalue weighted by Gasteiger charge is -2.23. The van der Waals surface area contributed by atoms with Gasteiger partial charge in [0.1, 0.15) is 0 Å². The number of likely N-dealkylation sites (tertiary alicyclic amines) is 1. The molecule has 2 saturated heterocycles. The molecular weight excluding hydrogens is 347 g/mol. The minimum Gasteiger partial charge on any atom is -0.356 e. The molecule has 142 valence electrons. The zero-order chi connectivity index (χ0) is 18.7. The van der Waals surface area contributed by atoms with Gasteiger partial charge in [-0.05, 0) is 30.5 Å². The van der Waals surface area contributed by atoms with E-state index >= 15 is 0 Å². The Bertz CT molecular complexity index is 661. The van der Waals surface area contributed by atoms with E-state index in [9.17, 15) is 22.8 Å². The van der Waals surface area contributed by atoms with Gasteiger partial charge in [0.15, 0.2) is 0 Å². The topological polar surface area (TPSA) is 61.4 Å². The normalized spacial score (nSPS) is 24.3. The Morgan fingerprint density at radius 1 is 1.23 bits per heavy atom. The van der Waals surface area contributed by atoms with Crippen LogP contribution in [0.25, 0.3) is 0 Å². The van der Waals surface area contributed by atoms with Crippen molar-refractivity contribution in [1.29, 1.82) is 0 Å². The minimum atomic E-state index is -4.32. The molecule has 2 fully saturated rings. The van der Waals surface area contributed by atoms with Gasteiger partial charge in [-0.1, -0.05) is 12.1 Å². The molecule has 0 aromatic heterocycles. The summed E-state index contributed by atoms with van der Waals surface area (Å²) in [7, 11) is 0. The van der Waals surface area contributed by atoms with Crippen LogP contribution in [-0.4, -0.2) is 42.4 Å². The smallest absolute Gasteiger partial charge is 0.356 e. The lowest BCUT2D eigenvalue weighted by Crippen LogP contribution is -2.45. The molecule has 2 heterocycles. The van der Waals surface area contributed by atoms with Gasteiger partial charge in [-0.25, -0.2) is 0 Å². The molecule has 5 nitrogen and oxygen atoms in total. The van der Waals surface area contributed by atoms with E-state index in [0.717, 1.165) is 30.7 Å². The summed E-state index contributed by atoms with van der Waals surface area (Å²) in [6.07, 6.45) is -2.64. The number of benzene rings is 1. The summed E-state index contributed by atoms with van der Waals surface area (Å²) in [5.74, 6) is -0.444. The predicted octanol–water partition coefficient (Wildman–Crippen LogP) is 1.92. The number of carbonyl (C=O) groups is 2. The maximum Gasteiger partial charge on any atom is 0.416 e. The molecule has 0 aliphatic carbocycles. The molecule has 26 heavy (non-hydrogen) atoms. The zero-order valence-electron chi connectivity index (χ0n) is 14.3. The summed E-state index contributed by atoms with van der Waals surface area (Å²) in [4.78, 5) is 25.8. The van der Waals surface area contributed by atoms with Gasteiger partial charge in [0, 0.05) is 44.6 Å². The molecule has 0 spiro atoms. The maximum absolute atomic E-state index is 12.6. The number of nitrogens with zero attached hydrogens (tertiary/aromatic N) is 1. The first kappa shape index (κ1) is 18.7. The largest absolute Gasteiger partial charge is 0.416 e. The molecule has 2 N–H and O–H groups in total. The van der Waals surface area contributed by atoms with Crippen molar-refractivity contribution in [2.75, 3.05) is 19.6 Å². The molecule has 2 aliphatic rings. The number of nitrogens with one attached hydrogen (secondary N) is 2. The van der Waals surface area contributed by atoms with Crippen LogP contribution in [0, 0.1) is 5.92 Å². The highest BCUT2D eigenvalue weighted by Crippen LogP contribution is 2.29. The van der Waals surface area contributed by atoms with Crippen molar-refractivity contribution in [2.45, 2.75) is 38.0 Å². The molecule has 3 rings (SSSR count). The minimum absolute atomic E-state index is 0.0157. The number of alkyl halides is 3. The summed E-state index contributed by atoms with van der Waals surface area (Å²) in [5.41, 5.74) is 0.165. The Morgan fingerprint density at radius 2 is 1.96 bits per heavy atom. The quantitative estimate of drug-likeness (QED) is 0.853. The third kappa shape index (κ3) is 4.75. The van der Waals surface area contributed by atoms with E-state index in [1.807, 2.05) is 0 Å². The van der Waals surface area contributed by atoms with Crippen molar-refractivity contribution in [2.24, 2.45) is 5.92 Å². The Morgan fingerprint density at radius 3 is 2.62 bits per heavy atom. The van der Waals surface area contributed by atoms with Crippen LogP contribution in [0.3, 0.4) is 0 Å². The first-order valence-electron chi connectivity index (χ1n) is 8.77. The number of halogens is 3. The van der Waals surface area contributed by atoms with E-state index in [2.05, 4.69) is 15.5 Å². The molecule has 8 heteroatoms. The Balaban J connectivity index is 1.48. The van der Waals surface area contributed by atoms with E-state index in [1.54, 1.807) is 0 Å². The molecule has 0 bridgehead atoms. The molecule has 1 aromatic carbocycles. The Hall–Kier alpha value is -2.09. The van der Waals surface area contributed by atoms with Crippen molar-refractivity contribution in [3.05, 3.63) is 35.4 Å². The summed E-state index contributed by atoms with van der Waals surface area (Å²) >= 11 is 0. The van der Waals surface area contributed by atoms with Crippen LogP contribution in [0.5, 0.6) is 0 Å². The standard InChI is InChI=1S/C18H22F3N3O2/c19-18(20,21)14-3-1-12(2-4-14)10-24-8-6-15(11-24)23-17(26)13-5-7-22-16(25)9-13/h1-4,13,15H,5-11H2,(H,22,25)(H,23,26). The fourth-order valence-electron chi connectivity index (χ4n) is 3.48. The summed E-state index contributed by atoms with van der Waals surface area (Å²) in [5, 5.41) is 5.72. The van der Waals surface area contributed by atoms with Crippen molar-refractivity contribution in [3.8, 4) is 0 Å². The Kier molecular flexibility index (Phi) is 5.50.